The molecule has 156 valence electrons. The normalized spacial score (nSPS) is 11.3. The number of thiophene rings is 1. The molecule has 4 rings (SSSR count). The molecule has 0 saturated carbocycles. The summed E-state index contributed by atoms with van der Waals surface area (Å²) < 4.78 is 13.7. The number of ether oxygens (including phenoxy) is 1. The van der Waals surface area contributed by atoms with Gasteiger partial charge in [0.15, 0.2) is 11.0 Å². The Labute approximate surface area is 184 Å². The fraction of sp³-hybridized carbons (Fsp3) is 0.318. The Morgan fingerprint density at radius 1 is 1.13 bits per heavy atom. The van der Waals surface area contributed by atoms with Gasteiger partial charge in [-0.05, 0) is 35.9 Å². The summed E-state index contributed by atoms with van der Waals surface area (Å²) in [5.74, 6) is 3.60. The molecule has 0 unspecified atom stereocenters. The highest BCUT2D eigenvalue weighted by Gasteiger charge is 2.15. The first-order valence-corrected chi connectivity index (χ1v) is 11.8. The van der Waals surface area contributed by atoms with E-state index in [1.807, 2.05) is 47.8 Å². The van der Waals surface area contributed by atoms with Gasteiger partial charge in [-0.1, -0.05) is 49.9 Å². The lowest BCUT2D eigenvalue weighted by Crippen LogP contribution is -2.10. The van der Waals surface area contributed by atoms with Crippen molar-refractivity contribution >= 4 is 23.1 Å². The molecule has 0 radical (unpaired) electrons. The van der Waals surface area contributed by atoms with E-state index in [1.165, 1.54) is 0 Å². The van der Waals surface area contributed by atoms with E-state index < -0.39 is 0 Å². The number of hydrogen-bond donors (Lipinski definition) is 0. The van der Waals surface area contributed by atoms with Crippen LogP contribution in [-0.4, -0.2) is 19.7 Å². The van der Waals surface area contributed by atoms with Gasteiger partial charge in [-0.3, -0.25) is 0 Å². The molecule has 0 saturated heterocycles. The van der Waals surface area contributed by atoms with Crippen LogP contribution >= 0.6 is 23.1 Å². The summed E-state index contributed by atoms with van der Waals surface area (Å²) in [5.41, 5.74) is 0.892. The lowest BCUT2D eigenvalue weighted by molar-refractivity contribution is 0.285. The van der Waals surface area contributed by atoms with Gasteiger partial charge in [0.2, 0.25) is 5.89 Å². The number of oxazole rings is 1. The Morgan fingerprint density at radius 2 is 2.00 bits per heavy atom. The van der Waals surface area contributed by atoms with E-state index in [-0.39, 0.29) is 0 Å². The Bertz CT molecular complexity index is 1040. The lowest BCUT2D eigenvalue weighted by Gasteiger charge is -2.12. The van der Waals surface area contributed by atoms with Gasteiger partial charge in [0.25, 0.3) is 0 Å². The minimum Gasteiger partial charge on any atom is -0.486 e. The SMILES string of the molecule is CC(C)CCn1c(COc2ccccc2)nnc1SCc1coc(-c2cccs2)n1. The van der Waals surface area contributed by atoms with Crippen LogP contribution in [0.4, 0.5) is 0 Å². The smallest absolute Gasteiger partial charge is 0.236 e. The zero-order valence-corrected chi connectivity index (χ0v) is 18.7. The van der Waals surface area contributed by atoms with Crippen molar-refractivity contribution in [1.82, 2.24) is 19.7 Å². The number of nitrogens with zero attached hydrogens (tertiary/aromatic N) is 4. The summed E-state index contributed by atoms with van der Waals surface area (Å²) >= 11 is 3.24. The van der Waals surface area contributed by atoms with Crippen molar-refractivity contribution in [3.05, 3.63) is 65.6 Å². The van der Waals surface area contributed by atoms with E-state index in [1.54, 1.807) is 29.4 Å². The molecule has 0 N–H and O–H groups in total. The standard InChI is InChI=1S/C22H24N4O2S2/c1-16(2)10-11-26-20(14-27-18-7-4-3-5-8-18)24-25-22(26)30-15-17-13-28-21(23-17)19-9-6-12-29-19/h3-9,12-13,16H,10-11,14-15H2,1-2H3. The number of rotatable bonds is 10. The van der Waals surface area contributed by atoms with Gasteiger partial charge in [0.05, 0.1) is 10.6 Å². The van der Waals surface area contributed by atoms with Crippen LogP contribution in [0.15, 0.2) is 63.7 Å². The third-order valence-corrected chi connectivity index (χ3v) is 6.33. The monoisotopic (exact) mass is 440 g/mol. The van der Waals surface area contributed by atoms with Crippen LogP contribution in [-0.2, 0) is 18.9 Å². The molecule has 0 spiro atoms. The van der Waals surface area contributed by atoms with Crippen molar-refractivity contribution in [2.45, 2.75) is 44.3 Å². The highest BCUT2D eigenvalue weighted by atomic mass is 32.2. The summed E-state index contributed by atoms with van der Waals surface area (Å²) in [6.07, 6.45) is 2.77. The van der Waals surface area contributed by atoms with Crippen molar-refractivity contribution in [3.63, 3.8) is 0 Å². The Hall–Kier alpha value is -2.58. The lowest BCUT2D eigenvalue weighted by atomic mass is 10.1. The molecule has 0 bridgehead atoms. The van der Waals surface area contributed by atoms with E-state index in [0.29, 0.717) is 24.2 Å². The molecule has 0 aliphatic rings. The van der Waals surface area contributed by atoms with Gasteiger partial charge in [-0.2, -0.15) is 0 Å². The molecule has 0 amide bonds. The van der Waals surface area contributed by atoms with Crippen LogP contribution in [0.5, 0.6) is 5.75 Å². The molecule has 0 aliphatic carbocycles. The predicted octanol–water partition coefficient (Wildman–Crippen LogP) is 5.91. The average molecular weight is 441 g/mol. The molecule has 30 heavy (non-hydrogen) atoms. The quantitative estimate of drug-likeness (QED) is 0.286. The van der Waals surface area contributed by atoms with E-state index in [2.05, 4.69) is 33.6 Å². The maximum Gasteiger partial charge on any atom is 0.236 e. The molecule has 8 heteroatoms. The van der Waals surface area contributed by atoms with Crippen molar-refractivity contribution in [2.24, 2.45) is 5.92 Å². The fourth-order valence-electron chi connectivity index (χ4n) is 2.83. The second kappa shape index (κ2) is 9.95. The van der Waals surface area contributed by atoms with Crippen LogP contribution in [0.2, 0.25) is 0 Å². The number of thioether (sulfide) groups is 1. The van der Waals surface area contributed by atoms with Crippen LogP contribution < -0.4 is 4.74 Å². The molecule has 4 aromatic rings. The van der Waals surface area contributed by atoms with Crippen molar-refractivity contribution in [2.75, 3.05) is 0 Å². The van der Waals surface area contributed by atoms with Crippen LogP contribution in [0.1, 0.15) is 31.8 Å². The Morgan fingerprint density at radius 3 is 2.77 bits per heavy atom. The molecule has 3 heterocycles. The second-order valence-corrected chi connectivity index (χ2v) is 9.13. The average Bonchev–Trinajstić information content (AvgIpc) is 3.50. The number of aromatic nitrogens is 4. The first kappa shape index (κ1) is 20.7. The molecule has 0 fully saturated rings. The van der Waals surface area contributed by atoms with Crippen LogP contribution in [0.25, 0.3) is 10.8 Å². The van der Waals surface area contributed by atoms with E-state index in [0.717, 1.165) is 40.3 Å². The fourth-order valence-corrected chi connectivity index (χ4v) is 4.35. The number of benzene rings is 1. The Kier molecular flexibility index (Phi) is 6.86. The van der Waals surface area contributed by atoms with Gasteiger partial charge < -0.3 is 13.7 Å². The van der Waals surface area contributed by atoms with E-state index in [4.69, 9.17) is 9.15 Å². The molecular weight excluding hydrogens is 416 g/mol. The number of hydrogen-bond acceptors (Lipinski definition) is 7. The minimum atomic E-state index is 0.391. The molecule has 0 atom stereocenters. The largest absolute Gasteiger partial charge is 0.486 e. The third-order valence-electron chi connectivity index (χ3n) is 4.47. The summed E-state index contributed by atoms with van der Waals surface area (Å²) in [5, 5.41) is 11.7. The zero-order chi connectivity index (χ0) is 20.8. The molecule has 6 nitrogen and oxygen atoms in total. The highest BCUT2D eigenvalue weighted by molar-refractivity contribution is 7.98. The minimum absolute atomic E-state index is 0.391. The van der Waals surface area contributed by atoms with Crippen LogP contribution in [0.3, 0.4) is 0 Å². The summed E-state index contributed by atoms with van der Waals surface area (Å²) in [6, 6.07) is 13.8. The van der Waals surface area contributed by atoms with E-state index in [9.17, 15) is 0 Å². The van der Waals surface area contributed by atoms with Crippen molar-refractivity contribution < 1.29 is 9.15 Å². The van der Waals surface area contributed by atoms with Crippen molar-refractivity contribution in [3.8, 4) is 16.5 Å². The van der Waals surface area contributed by atoms with Gasteiger partial charge in [0.1, 0.15) is 18.6 Å². The van der Waals surface area contributed by atoms with Gasteiger partial charge >= 0.3 is 0 Å². The maximum atomic E-state index is 5.90. The summed E-state index contributed by atoms with van der Waals surface area (Å²) in [7, 11) is 0. The molecule has 0 aliphatic heterocycles. The summed E-state index contributed by atoms with van der Waals surface area (Å²) in [4.78, 5) is 5.63. The molecule has 3 aromatic heterocycles. The first-order valence-electron chi connectivity index (χ1n) is 9.90. The Balaban J connectivity index is 1.44. The maximum absolute atomic E-state index is 5.90. The predicted molar refractivity (Wildman–Crippen MR) is 120 cm³/mol. The third kappa shape index (κ3) is 5.31. The van der Waals surface area contributed by atoms with Crippen molar-refractivity contribution in [1.29, 1.82) is 0 Å². The van der Waals surface area contributed by atoms with Gasteiger partial charge in [-0.25, -0.2) is 4.98 Å². The van der Waals surface area contributed by atoms with Gasteiger partial charge in [-0.15, -0.1) is 21.5 Å². The zero-order valence-electron chi connectivity index (χ0n) is 17.0. The van der Waals surface area contributed by atoms with Gasteiger partial charge in [0, 0.05) is 12.3 Å². The summed E-state index contributed by atoms with van der Waals surface area (Å²) in [6.45, 7) is 5.69. The first-order chi connectivity index (χ1) is 14.7. The van der Waals surface area contributed by atoms with Crippen LogP contribution in [0, 0.1) is 5.92 Å². The molecule has 1 aromatic carbocycles. The number of para-hydroxylation sites is 1. The highest BCUT2D eigenvalue weighted by Crippen LogP contribution is 2.27. The van der Waals surface area contributed by atoms with E-state index >= 15 is 0 Å². The molecular formula is C22H24N4O2S2. The topological polar surface area (TPSA) is 66.0 Å². The second-order valence-electron chi connectivity index (χ2n) is 7.24.